The number of hydrogen-bond acceptors (Lipinski definition) is 4. The summed E-state index contributed by atoms with van der Waals surface area (Å²) in [7, 11) is 3.15. The summed E-state index contributed by atoms with van der Waals surface area (Å²) in [6.45, 7) is 4.66. The van der Waals surface area contributed by atoms with Crippen LogP contribution >= 0.6 is 0 Å². The third-order valence-electron chi connectivity index (χ3n) is 2.44. The Morgan fingerprint density at radius 2 is 1.25 bits per heavy atom. The second-order valence-corrected chi connectivity index (χ2v) is 3.00. The van der Waals surface area contributed by atoms with Crippen molar-refractivity contribution in [1.29, 1.82) is 0 Å². The first-order valence-electron chi connectivity index (χ1n) is 3.96. The van der Waals surface area contributed by atoms with Gasteiger partial charge in [0.05, 0.1) is 13.2 Å². The van der Waals surface area contributed by atoms with Gasteiger partial charge in [0.2, 0.25) is 11.6 Å². The molecule has 72 valence electrons. The fourth-order valence-corrected chi connectivity index (χ4v) is 1.22. The molecule has 1 aliphatic rings. The molecule has 1 saturated heterocycles. The van der Waals surface area contributed by atoms with E-state index in [2.05, 4.69) is 0 Å². The highest BCUT2D eigenvalue weighted by Crippen LogP contribution is 2.33. The van der Waals surface area contributed by atoms with Gasteiger partial charge in [0, 0.05) is 14.2 Å². The monoisotopic (exact) mass is 176 g/mol. The van der Waals surface area contributed by atoms with Crippen molar-refractivity contribution in [2.24, 2.45) is 0 Å². The van der Waals surface area contributed by atoms with Gasteiger partial charge in [-0.1, -0.05) is 0 Å². The van der Waals surface area contributed by atoms with Crippen molar-refractivity contribution in [2.45, 2.75) is 25.4 Å². The smallest absolute Gasteiger partial charge is 0.220 e. The Bertz CT molecular complexity index is 143. The van der Waals surface area contributed by atoms with Crippen molar-refractivity contribution in [3.8, 4) is 0 Å². The molecule has 0 spiro atoms. The average molecular weight is 176 g/mol. The van der Waals surface area contributed by atoms with E-state index in [1.165, 1.54) is 0 Å². The fraction of sp³-hybridized carbons (Fsp3) is 1.00. The highest BCUT2D eigenvalue weighted by molar-refractivity contribution is 4.83. The molecule has 0 N–H and O–H groups in total. The van der Waals surface area contributed by atoms with E-state index in [9.17, 15) is 0 Å². The van der Waals surface area contributed by atoms with E-state index in [0.29, 0.717) is 13.2 Å². The lowest BCUT2D eigenvalue weighted by molar-refractivity contribution is -0.415. The van der Waals surface area contributed by atoms with Crippen molar-refractivity contribution in [3.63, 3.8) is 0 Å². The summed E-state index contributed by atoms with van der Waals surface area (Å²) in [6.07, 6.45) is 0. The van der Waals surface area contributed by atoms with Gasteiger partial charge < -0.3 is 18.9 Å². The van der Waals surface area contributed by atoms with Crippen LogP contribution in [0.25, 0.3) is 0 Å². The molecular formula is C8H16O4. The van der Waals surface area contributed by atoms with Crippen molar-refractivity contribution >= 4 is 0 Å². The maximum atomic E-state index is 5.45. The van der Waals surface area contributed by atoms with Crippen molar-refractivity contribution in [3.05, 3.63) is 0 Å². The van der Waals surface area contributed by atoms with E-state index < -0.39 is 11.6 Å². The Kier molecular flexibility index (Phi) is 2.73. The van der Waals surface area contributed by atoms with Gasteiger partial charge in [-0.25, -0.2) is 0 Å². The summed E-state index contributed by atoms with van der Waals surface area (Å²) >= 11 is 0. The summed E-state index contributed by atoms with van der Waals surface area (Å²) in [4.78, 5) is 0. The molecule has 2 atom stereocenters. The van der Waals surface area contributed by atoms with E-state index in [-0.39, 0.29) is 0 Å². The molecule has 1 rings (SSSR count). The Labute approximate surface area is 72.7 Å². The minimum Gasteiger partial charge on any atom is -0.349 e. The van der Waals surface area contributed by atoms with Crippen molar-refractivity contribution in [1.82, 2.24) is 0 Å². The summed E-state index contributed by atoms with van der Waals surface area (Å²) < 4.78 is 21.3. The van der Waals surface area contributed by atoms with Crippen LogP contribution in [0.4, 0.5) is 0 Å². The molecule has 1 fully saturated rings. The minimum absolute atomic E-state index is 0.531. The minimum atomic E-state index is -0.819. The predicted octanol–water partition coefficient (Wildman–Crippen LogP) is 0.758. The molecule has 0 amide bonds. The van der Waals surface area contributed by atoms with Crippen LogP contribution in [0.15, 0.2) is 0 Å². The lowest BCUT2D eigenvalue weighted by Gasteiger charge is -2.46. The Morgan fingerprint density at radius 3 is 1.50 bits per heavy atom. The maximum Gasteiger partial charge on any atom is 0.220 e. The summed E-state index contributed by atoms with van der Waals surface area (Å²) in [6, 6.07) is 0. The largest absolute Gasteiger partial charge is 0.349 e. The molecule has 1 heterocycles. The lowest BCUT2D eigenvalue weighted by atomic mass is 10.1. The Morgan fingerprint density at radius 1 is 0.917 bits per heavy atom. The summed E-state index contributed by atoms with van der Waals surface area (Å²) in [5.74, 6) is -1.64. The zero-order valence-electron chi connectivity index (χ0n) is 8.05. The van der Waals surface area contributed by atoms with Gasteiger partial charge in [0.25, 0.3) is 0 Å². The highest BCUT2D eigenvalue weighted by atomic mass is 16.8. The predicted molar refractivity (Wildman–Crippen MR) is 42.7 cm³/mol. The van der Waals surface area contributed by atoms with Crippen LogP contribution in [-0.2, 0) is 18.9 Å². The van der Waals surface area contributed by atoms with Crippen molar-refractivity contribution in [2.75, 3.05) is 27.4 Å². The van der Waals surface area contributed by atoms with E-state index in [1.54, 1.807) is 28.1 Å². The third-order valence-corrected chi connectivity index (χ3v) is 2.44. The van der Waals surface area contributed by atoms with E-state index >= 15 is 0 Å². The average Bonchev–Trinajstić information content (AvgIpc) is 2.10. The number of hydrogen-bond donors (Lipinski definition) is 0. The first-order valence-corrected chi connectivity index (χ1v) is 3.96. The molecule has 0 unspecified atom stereocenters. The topological polar surface area (TPSA) is 36.9 Å². The molecule has 0 radical (unpaired) electrons. The van der Waals surface area contributed by atoms with Crippen LogP contribution in [-0.4, -0.2) is 39.0 Å². The van der Waals surface area contributed by atoms with Gasteiger partial charge in [0.15, 0.2) is 0 Å². The highest BCUT2D eigenvalue weighted by Gasteiger charge is 2.50. The van der Waals surface area contributed by atoms with Gasteiger partial charge in [-0.15, -0.1) is 0 Å². The molecule has 1 aliphatic heterocycles. The number of rotatable bonds is 2. The lowest BCUT2D eigenvalue weighted by Crippen LogP contribution is -2.59. The van der Waals surface area contributed by atoms with E-state index in [0.717, 1.165) is 0 Å². The van der Waals surface area contributed by atoms with E-state index in [4.69, 9.17) is 18.9 Å². The summed E-state index contributed by atoms with van der Waals surface area (Å²) in [5, 5.41) is 0. The first kappa shape index (κ1) is 9.92. The first-order chi connectivity index (χ1) is 5.58. The van der Waals surface area contributed by atoms with Gasteiger partial charge in [-0.2, -0.15) is 0 Å². The van der Waals surface area contributed by atoms with Crippen molar-refractivity contribution < 1.29 is 18.9 Å². The summed E-state index contributed by atoms with van der Waals surface area (Å²) in [5.41, 5.74) is 0. The third kappa shape index (κ3) is 1.35. The standard InChI is InChI=1S/C8H16O4/c1-7(9-3)8(2,10-4)12-6-5-11-7/h5-6H2,1-4H3/t7-,8-/m1/s1. The van der Waals surface area contributed by atoms with Gasteiger partial charge in [-0.05, 0) is 13.8 Å². The van der Waals surface area contributed by atoms with E-state index in [1.807, 2.05) is 0 Å². The second-order valence-electron chi connectivity index (χ2n) is 3.00. The van der Waals surface area contributed by atoms with Gasteiger partial charge in [0.1, 0.15) is 0 Å². The zero-order chi connectivity index (χ0) is 9.24. The van der Waals surface area contributed by atoms with Crippen LogP contribution < -0.4 is 0 Å². The SMILES string of the molecule is CO[C@]1(C)OCCO[C@@]1(C)OC. The van der Waals surface area contributed by atoms with Crippen LogP contribution in [0.1, 0.15) is 13.8 Å². The maximum absolute atomic E-state index is 5.45. The molecule has 4 nitrogen and oxygen atoms in total. The molecule has 0 aromatic carbocycles. The fourth-order valence-electron chi connectivity index (χ4n) is 1.22. The zero-order valence-corrected chi connectivity index (χ0v) is 8.05. The van der Waals surface area contributed by atoms with Crippen LogP contribution in [0.5, 0.6) is 0 Å². The molecule has 12 heavy (non-hydrogen) atoms. The van der Waals surface area contributed by atoms with Gasteiger partial charge >= 0.3 is 0 Å². The second kappa shape index (κ2) is 3.30. The molecule has 4 heteroatoms. The number of methoxy groups -OCH3 is 2. The Hall–Kier alpha value is -0.160. The Balaban J connectivity index is 2.79. The number of ether oxygens (including phenoxy) is 4. The molecular weight excluding hydrogens is 160 g/mol. The molecule has 0 bridgehead atoms. The van der Waals surface area contributed by atoms with Crippen LogP contribution in [0, 0.1) is 0 Å². The van der Waals surface area contributed by atoms with Crippen LogP contribution in [0.2, 0.25) is 0 Å². The molecule has 0 aromatic heterocycles. The van der Waals surface area contributed by atoms with Crippen LogP contribution in [0.3, 0.4) is 0 Å². The normalized spacial score (nSPS) is 43.0. The molecule has 0 saturated carbocycles. The van der Waals surface area contributed by atoms with Gasteiger partial charge in [-0.3, -0.25) is 0 Å². The molecule has 0 aromatic rings. The quantitative estimate of drug-likeness (QED) is 0.622. The molecule has 0 aliphatic carbocycles.